The summed E-state index contributed by atoms with van der Waals surface area (Å²) in [4.78, 5) is 41.8. The van der Waals surface area contributed by atoms with Crippen LogP contribution >= 0.6 is 11.3 Å². The van der Waals surface area contributed by atoms with Crippen molar-refractivity contribution in [3.05, 3.63) is 71.8 Å². The Hall–Kier alpha value is -4.38. The molecular formula is C36H50N6O4S. The first-order chi connectivity index (χ1) is 22.9. The van der Waals surface area contributed by atoms with Gasteiger partial charge >= 0.3 is 11.9 Å². The summed E-state index contributed by atoms with van der Waals surface area (Å²) in [5, 5.41) is 7.56. The maximum atomic E-state index is 13.7. The minimum atomic E-state index is -0.653. The zero-order valence-electron chi connectivity index (χ0n) is 28.7. The van der Waals surface area contributed by atoms with Crippen LogP contribution in [0, 0.1) is 0 Å². The number of benzene rings is 2. The molecule has 0 saturated carbocycles. The first-order valence-electron chi connectivity index (χ1n) is 16.7. The van der Waals surface area contributed by atoms with Crippen molar-refractivity contribution in [1.82, 2.24) is 9.80 Å². The summed E-state index contributed by atoms with van der Waals surface area (Å²) in [6.45, 7) is 15.2. The van der Waals surface area contributed by atoms with Gasteiger partial charge in [0.05, 0.1) is 13.2 Å². The number of anilines is 2. The van der Waals surface area contributed by atoms with Crippen molar-refractivity contribution in [3.8, 4) is 0 Å². The molecule has 0 radical (unpaired) electrons. The second-order valence-corrected chi connectivity index (χ2v) is 11.7. The highest BCUT2D eigenvalue weighted by molar-refractivity contribution is 7.20. The molecule has 47 heavy (non-hydrogen) atoms. The van der Waals surface area contributed by atoms with Crippen molar-refractivity contribution in [1.29, 1.82) is 0 Å². The number of guanidine groups is 2. The molecular weight excluding hydrogens is 613 g/mol. The molecule has 2 aromatic carbocycles. The Labute approximate surface area is 283 Å². The van der Waals surface area contributed by atoms with Crippen LogP contribution in [0.3, 0.4) is 0 Å². The summed E-state index contributed by atoms with van der Waals surface area (Å²) in [5.74, 6) is -0.169. The van der Waals surface area contributed by atoms with Gasteiger partial charge in [-0.15, -0.1) is 0 Å². The SMILES string of the molecule is CCCN(CCC)/C(=N\c1sc(/N=C(\Nc2ccccc2)N(CCC)CCC)c(C(=O)OCC)c1C(=O)OCC)Nc1ccccc1. The molecule has 0 bridgehead atoms. The molecule has 0 unspecified atom stereocenters. The zero-order chi connectivity index (χ0) is 34.0. The summed E-state index contributed by atoms with van der Waals surface area (Å²) >= 11 is 1.17. The third kappa shape index (κ3) is 10.8. The second kappa shape index (κ2) is 20.0. The van der Waals surface area contributed by atoms with Crippen LogP contribution in [0.1, 0.15) is 87.9 Å². The number of carbonyl (C=O) groups excluding carboxylic acids is 2. The number of hydrogen-bond acceptors (Lipinski definition) is 7. The molecule has 1 heterocycles. The highest BCUT2D eigenvalue weighted by atomic mass is 32.1. The molecule has 0 aliphatic carbocycles. The van der Waals surface area contributed by atoms with E-state index in [-0.39, 0.29) is 24.3 Å². The molecule has 0 amide bonds. The van der Waals surface area contributed by atoms with Crippen molar-refractivity contribution in [2.45, 2.75) is 67.2 Å². The zero-order valence-corrected chi connectivity index (χ0v) is 29.5. The molecule has 11 heteroatoms. The molecule has 0 atom stereocenters. The molecule has 0 spiro atoms. The quantitative estimate of drug-likeness (QED) is 0.0893. The minimum absolute atomic E-state index is 0.0472. The molecule has 10 nitrogen and oxygen atoms in total. The summed E-state index contributed by atoms with van der Waals surface area (Å²) in [5.41, 5.74) is 1.80. The molecule has 0 fully saturated rings. The average molecular weight is 663 g/mol. The molecule has 254 valence electrons. The molecule has 3 aromatic rings. The highest BCUT2D eigenvalue weighted by Gasteiger charge is 2.32. The summed E-state index contributed by atoms with van der Waals surface area (Å²) < 4.78 is 11.0. The van der Waals surface area contributed by atoms with Gasteiger partial charge in [0, 0.05) is 37.6 Å². The van der Waals surface area contributed by atoms with Crippen molar-refractivity contribution in [3.63, 3.8) is 0 Å². The van der Waals surface area contributed by atoms with Crippen LogP contribution in [0.2, 0.25) is 0 Å². The lowest BCUT2D eigenvalue weighted by Gasteiger charge is -2.26. The first kappa shape index (κ1) is 37.1. The van der Waals surface area contributed by atoms with Crippen molar-refractivity contribution >= 4 is 56.6 Å². The van der Waals surface area contributed by atoms with Crippen molar-refractivity contribution in [2.24, 2.45) is 9.98 Å². The van der Waals surface area contributed by atoms with Gasteiger partial charge in [0.2, 0.25) is 11.9 Å². The lowest BCUT2D eigenvalue weighted by molar-refractivity contribution is 0.0481. The Morgan fingerprint density at radius 3 is 1.23 bits per heavy atom. The molecule has 2 N–H and O–H groups in total. The van der Waals surface area contributed by atoms with Gasteiger partial charge in [-0.1, -0.05) is 75.4 Å². The van der Waals surface area contributed by atoms with E-state index in [2.05, 4.69) is 48.1 Å². The monoisotopic (exact) mass is 662 g/mol. The molecule has 3 rings (SSSR count). The normalized spacial score (nSPS) is 11.6. The third-order valence-corrected chi connectivity index (χ3v) is 7.86. The van der Waals surface area contributed by atoms with E-state index in [1.165, 1.54) is 11.3 Å². The van der Waals surface area contributed by atoms with Gasteiger partial charge in [-0.05, 0) is 63.8 Å². The summed E-state index contributed by atoms with van der Waals surface area (Å²) in [6.07, 6.45) is 3.59. The third-order valence-electron chi connectivity index (χ3n) is 6.88. The summed E-state index contributed by atoms with van der Waals surface area (Å²) in [6, 6.07) is 19.5. The lowest BCUT2D eigenvalue weighted by atomic mass is 10.1. The molecule has 1 aromatic heterocycles. The number of nitrogens with zero attached hydrogens (tertiary/aromatic N) is 4. The number of thiophene rings is 1. The van der Waals surface area contributed by atoms with Crippen LogP contribution in [0.25, 0.3) is 0 Å². The Morgan fingerprint density at radius 2 is 0.936 bits per heavy atom. The van der Waals surface area contributed by atoms with Crippen LogP contribution < -0.4 is 10.6 Å². The van der Waals surface area contributed by atoms with Crippen LogP contribution in [0.5, 0.6) is 0 Å². The number of hydrogen-bond donors (Lipinski definition) is 2. The van der Waals surface area contributed by atoms with E-state index in [0.29, 0.717) is 21.9 Å². The summed E-state index contributed by atoms with van der Waals surface area (Å²) in [7, 11) is 0. The number of rotatable bonds is 16. The largest absolute Gasteiger partial charge is 0.462 e. The van der Waals surface area contributed by atoms with E-state index < -0.39 is 11.9 Å². The predicted octanol–water partition coefficient (Wildman–Crippen LogP) is 8.54. The lowest BCUT2D eigenvalue weighted by Crippen LogP contribution is -2.37. The van der Waals surface area contributed by atoms with E-state index in [1.807, 2.05) is 60.7 Å². The number of ether oxygens (including phenoxy) is 2. The van der Waals surface area contributed by atoms with Crippen LogP contribution in [0.15, 0.2) is 70.6 Å². The van der Waals surface area contributed by atoms with Gasteiger partial charge in [-0.25, -0.2) is 19.6 Å². The fraction of sp³-hybridized carbons (Fsp3) is 0.444. The van der Waals surface area contributed by atoms with Gasteiger partial charge in [0.25, 0.3) is 0 Å². The smallest absolute Gasteiger partial charge is 0.342 e. The van der Waals surface area contributed by atoms with Gasteiger partial charge in [0.1, 0.15) is 21.1 Å². The Balaban J connectivity index is 2.36. The van der Waals surface area contributed by atoms with E-state index in [4.69, 9.17) is 19.5 Å². The van der Waals surface area contributed by atoms with Gasteiger partial charge in [-0.3, -0.25) is 0 Å². The number of nitrogens with one attached hydrogen (secondary N) is 2. The van der Waals surface area contributed by atoms with Crippen molar-refractivity contribution in [2.75, 3.05) is 50.0 Å². The van der Waals surface area contributed by atoms with E-state index >= 15 is 0 Å². The van der Waals surface area contributed by atoms with E-state index in [1.54, 1.807) is 13.8 Å². The average Bonchev–Trinajstić information content (AvgIpc) is 3.42. The molecule has 0 aliphatic rings. The fourth-order valence-corrected chi connectivity index (χ4v) is 5.95. The predicted molar refractivity (Wildman–Crippen MR) is 195 cm³/mol. The van der Waals surface area contributed by atoms with Crippen molar-refractivity contribution < 1.29 is 19.1 Å². The number of aliphatic imine (C=N–C) groups is 2. The van der Waals surface area contributed by atoms with Crippen LogP contribution in [-0.2, 0) is 9.47 Å². The molecule has 0 aliphatic heterocycles. The highest BCUT2D eigenvalue weighted by Crippen LogP contribution is 2.43. The standard InChI is InChI=1S/C36H50N6O4S/c1-7-23-41(24-8-2)35(37-27-19-15-13-16-20-27)39-31-29(33(43)45-11-5)30(34(44)46-12-6)32(47-31)40-36(42(25-9-3)26-10-4)38-28-21-17-14-18-22-28/h13-22H,7-12,23-26H2,1-6H3,(H,37,39)(H,38,40). The number of para-hydroxylation sites is 2. The number of esters is 2. The minimum Gasteiger partial charge on any atom is -0.462 e. The van der Waals surface area contributed by atoms with Crippen LogP contribution in [-0.4, -0.2) is 73.1 Å². The Morgan fingerprint density at radius 1 is 0.596 bits per heavy atom. The van der Waals surface area contributed by atoms with Gasteiger partial charge < -0.3 is 29.9 Å². The van der Waals surface area contributed by atoms with Gasteiger partial charge in [0.15, 0.2) is 0 Å². The fourth-order valence-electron chi connectivity index (χ4n) is 4.93. The first-order valence-corrected chi connectivity index (χ1v) is 17.5. The Kier molecular flexibility index (Phi) is 15.8. The van der Waals surface area contributed by atoms with Gasteiger partial charge in [-0.2, -0.15) is 0 Å². The van der Waals surface area contributed by atoms with E-state index in [0.717, 1.165) is 63.2 Å². The second-order valence-electron chi connectivity index (χ2n) is 10.7. The van der Waals surface area contributed by atoms with Crippen LogP contribution in [0.4, 0.5) is 21.4 Å². The molecule has 0 saturated heterocycles. The Bertz CT molecular complexity index is 1340. The topological polar surface area (TPSA) is 108 Å². The maximum absolute atomic E-state index is 13.7. The maximum Gasteiger partial charge on any atom is 0.342 e. The van der Waals surface area contributed by atoms with E-state index in [9.17, 15) is 9.59 Å². The number of carbonyl (C=O) groups is 2.